The molecule has 0 unspecified atom stereocenters. The molecule has 0 saturated heterocycles. The monoisotopic (exact) mass is 461 g/mol. The van der Waals surface area contributed by atoms with E-state index in [0.717, 1.165) is 0 Å². The number of primary amides is 1. The number of alkyl carbamates (subject to hydrolysis) is 1. The number of ether oxygens (including phenoxy) is 1. The molecule has 0 saturated carbocycles. The Morgan fingerprint density at radius 2 is 1.59 bits per heavy atom. The highest BCUT2D eigenvalue weighted by Gasteiger charge is 2.09. The van der Waals surface area contributed by atoms with Crippen molar-refractivity contribution in [3.63, 3.8) is 0 Å². The fraction of sp³-hybridized carbons (Fsp3) is 0.111. The molecule has 7 heteroatoms. The Kier molecular flexibility index (Phi) is 10.1. The molecule has 0 aliphatic carbocycles. The molecular formula is C27H28FN3O3. The van der Waals surface area contributed by atoms with Crippen molar-refractivity contribution in [2.75, 3.05) is 0 Å². The first-order valence-electron chi connectivity index (χ1n) is 10.5. The summed E-state index contributed by atoms with van der Waals surface area (Å²) in [5, 5.41) is 3.34. The minimum atomic E-state index is -0.919. The maximum atomic E-state index is 13.1. The molecule has 1 aromatic heterocycles. The lowest BCUT2D eigenvalue weighted by molar-refractivity contribution is -0.114. The number of nitrogens with one attached hydrogen (secondary N) is 2. The van der Waals surface area contributed by atoms with Gasteiger partial charge >= 0.3 is 6.09 Å². The normalized spacial score (nSPS) is 9.62. The Morgan fingerprint density at radius 1 is 0.971 bits per heavy atom. The van der Waals surface area contributed by atoms with Gasteiger partial charge in [-0.1, -0.05) is 78.9 Å². The Labute approximate surface area is 198 Å². The molecule has 4 rings (SSSR count). The maximum absolute atomic E-state index is 13.1. The van der Waals surface area contributed by atoms with Gasteiger partial charge in [0.05, 0.1) is 0 Å². The topological polar surface area (TPSA) is 97.2 Å². The summed E-state index contributed by atoms with van der Waals surface area (Å²) in [5.74, 6) is -1.35. The predicted molar refractivity (Wildman–Crippen MR) is 132 cm³/mol. The average molecular weight is 462 g/mol. The molecule has 1 heterocycles. The Morgan fingerprint density at radius 3 is 2.18 bits per heavy atom. The number of halogens is 1. The fourth-order valence-electron chi connectivity index (χ4n) is 2.73. The van der Waals surface area contributed by atoms with Crippen molar-refractivity contribution in [2.24, 2.45) is 5.73 Å². The number of nitrogens with two attached hydrogens (primary N) is 1. The number of fused-ring (bicyclic) bond motifs is 1. The van der Waals surface area contributed by atoms with Crippen molar-refractivity contribution in [3.8, 4) is 0 Å². The summed E-state index contributed by atoms with van der Waals surface area (Å²) >= 11 is 0. The second kappa shape index (κ2) is 13.2. The first kappa shape index (κ1) is 25.9. The van der Waals surface area contributed by atoms with Gasteiger partial charge in [0.2, 0.25) is 0 Å². The minimum Gasteiger partial charge on any atom is -0.444 e. The van der Waals surface area contributed by atoms with Crippen LogP contribution in [0.1, 0.15) is 16.7 Å². The minimum absolute atomic E-state index is 0.229. The SMILES string of the molecule is C=C(NC(=O)OCc1ccccc1F)C(N)=O.Cc1c[nH]c2ccccc12.Cc1ccccc1. The first-order chi connectivity index (χ1) is 16.3. The smallest absolute Gasteiger partial charge is 0.412 e. The number of aromatic nitrogens is 1. The van der Waals surface area contributed by atoms with E-state index in [2.05, 4.69) is 60.5 Å². The van der Waals surface area contributed by atoms with E-state index in [1.165, 1.54) is 40.2 Å². The van der Waals surface area contributed by atoms with Crippen LogP contribution >= 0.6 is 0 Å². The number of aromatic amines is 1. The van der Waals surface area contributed by atoms with Gasteiger partial charge in [0.15, 0.2) is 0 Å². The second-order valence-corrected chi connectivity index (χ2v) is 7.31. The van der Waals surface area contributed by atoms with Crippen LogP contribution in [0.15, 0.2) is 97.3 Å². The maximum Gasteiger partial charge on any atom is 0.412 e. The summed E-state index contributed by atoms with van der Waals surface area (Å²) in [4.78, 5) is 24.9. The number of hydrogen-bond donors (Lipinski definition) is 3. The molecule has 34 heavy (non-hydrogen) atoms. The van der Waals surface area contributed by atoms with Crippen molar-refractivity contribution in [3.05, 3.63) is 120 Å². The van der Waals surface area contributed by atoms with Crippen molar-refractivity contribution in [1.82, 2.24) is 10.3 Å². The molecular weight excluding hydrogens is 433 g/mol. The number of aryl methyl sites for hydroxylation is 2. The van der Waals surface area contributed by atoms with Crippen molar-refractivity contribution >= 4 is 22.9 Å². The van der Waals surface area contributed by atoms with Crippen molar-refractivity contribution < 1.29 is 18.7 Å². The summed E-state index contributed by atoms with van der Waals surface area (Å²) in [6.45, 7) is 7.15. The third-order valence-corrected chi connectivity index (χ3v) is 4.60. The van der Waals surface area contributed by atoms with Gasteiger partial charge < -0.3 is 15.5 Å². The molecule has 4 aromatic rings. The zero-order chi connectivity index (χ0) is 24.9. The number of H-pyrrole nitrogens is 1. The van der Waals surface area contributed by atoms with Gasteiger partial charge in [-0.15, -0.1) is 0 Å². The summed E-state index contributed by atoms with van der Waals surface area (Å²) in [6.07, 6.45) is 1.11. The summed E-state index contributed by atoms with van der Waals surface area (Å²) in [7, 11) is 0. The standard InChI is InChI=1S/C11H11FN2O3.C9H9N.C7H8/c1-7(10(13)15)14-11(16)17-6-8-4-2-3-5-9(8)12;1-7-6-10-9-5-3-2-4-8(7)9;1-7-5-3-2-4-6-7/h2-5H,1,6H2,(H2,13,15)(H,14,16);2-6,10H,1H3;2-6H,1H3. The van der Waals surface area contributed by atoms with Gasteiger partial charge in [-0.05, 0) is 31.5 Å². The van der Waals surface area contributed by atoms with E-state index in [9.17, 15) is 14.0 Å². The van der Waals surface area contributed by atoms with Gasteiger partial charge in [-0.25, -0.2) is 9.18 Å². The molecule has 2 amide bonds. The van der Waals surface area contributed by atoms with Crippen LogP contribution in [-0.4, -0.2) is 17.0 Å². The lowest BCUT2D eigenvalue weighted by atomic mass is 10.2. The van der Waals surface area contributed by atoms with E-state index in [1.54, 1.807) is 6.07 Å². The van der Waals surface area contributed by atoms with Gasteiger partial charge in [0.1, 0.15) is 18.1 Å². The van der Waals surface area contributed by atoms with Gasteiger partial charge in [0.25, 0.3) is 5.91 Å². The molecule has 4 N–H and O–H groups in total. The highest BCUT2D eigenvalue weighted by molar-refractivity contribution is 5.94. The highest BCUT2D eigenvalue weighted by Crippen LogP contribution is 2.15. The lowest BCUT2D eigenvalue weighted by Gasteiger charge is -2.07. The molecule has 0 atom stereocenters. The van der Waals surface area contributed by atoms with E-state index >= 15 is 0 Å². The molecule has 3 aromatic carbocycles. The van der Waals surface area contributed by atoms with E-state index in [-0.39, 0.29) is 17.9 Å². The predicted octanol–water partition coefficient (Wildman–Crippen LogP) is 5.52. The number of rotatable bonds is 4. The largest absolute Gasteiger partial charge is 0.444 e. The molecule has 6 nitrogen and oxygen atoms in total. The quantitative estimate of drug-likeness (QED) is 0.349. The summed E-state index contributed by atoms with van der Waals surface area (Å²) in [6, 6.07) is 24.4. The van der Waals surface area contributed by atoms with E-state index in [1.807, 2.05) is 35.8 Å². The van der Waals surface area contributed by atoms with Crippen LogP contribution in [0.2, 0.25) is 0 Å². The molecule has 0 spiro atoms. The van der Waals surface area contributed by atoms with E-state index < -0.39 is 17.8 Å². The number of carbonyl (C=O) groups excluding carboxylic acids is 2. The van der Waals surface area contributed by atoms with E-state index in [4.69, 9.17) is 5.73 Å². The molecule has 0 aliphatic rings. The molecule has 0 bridgehead atoms. The fourth-order valence-corrected chi connectivity index (χ4v) is 2.73. The highest BCUT2D eigenvalue weighted by atomic mass is 19.1. The van der Waals surface area contributed by atoms with Gasteiger partial charge in [-0.2, -0.15) is 0 Å². The first-order valence-corrected chi connectivity index (χ1v) is 10.5. The van der Waals surface area contributed by atoms with Gasteiger partial charge in [-0.3, -0.25) is 10.1 Å². The Balaban J connectivity index is 0.000000200. The third kappa shape index (κ3) is 8.63. The van der Waals surface area contributed by atoms with E-state index in [0.29, 0.717) is 0 Å². The van der Waals surface area contributed by atoms with Crippen LogP contribution in [0.3, 0.4) is 0 Å². The van der Waals surface area contributed by atoms with Crippen LogP contribution in [-0.2, 0) is 16.1 Å². The van der Waals surface area contributed by atoms with Crippen LogP contribution in [0.4, 0.5) is 9.18 Å². The number of amides is 2. The third-order valence-electron chi connectivity index (χ3n) is 4.60. The lowest BCUT2D eigenvalue weighted by Crippen LogP contribution is -2.30. The zero-order valence-electron chi connectivity index (χ0n) is 19.2. The average Bonchev–Trinajstić information content (AvgIpc) is 3.21. The van der Waals surface area contributed by atoms with Crippen LogP contribution in [0.5, 0.6) is 0 Å². The molecule has 176 valence electrons. The number of para-hydroxylation sites is 1. The van der Waals surface area contributed by atoms with Crippen LogP contribution in [0.25, 0.3) is 10.9 Å². The summed E-state index contributed by atoms with van der Waals surface area (Å²) < 4.78 is 17.8. The Hall–Kier alpha value is -4.39. The second-order valence-electron chi connectivity index (χ2n) is 7.31. The van der Waals surface area contributed by atoms with Gasteiger partial charge in [0, 0.05) is 22.7 Å². The number of carbonyl (C=O) groups is 2. The zero-order valence-corrected chi connectivity index (χ0v) is 19.2. The Bertz CT molecular complexity index is 1240. The molecule has 0 fully saturated rings. The summed E-state index contributed by atoms with van der Waals surface area (Å²) in [5.41, 5.74) is 8.65. The molecule has 0 radical (unpaired) electrons. The number of hydrogen-bond acceptors (Lipinski definition) is 3. The van der Waals surface area contributed by atoms with Crippen LogP contribution < -0.4 is 11.1 Å². The van der Waals surface area contributed by atoms with Crippen molar-refractivity contribution in [1.29, 1.82) is 0 Å². The van der Waals surface area contributed by atoms with Crippen molar-refractivity contribution in [2.45, 2.75) is 20.5 Å². The van der Waals surface area contributed by atoms with Crippen LogP contribution in [0, 0.1) is 19.7 Å². The number of benzene rings is 3. The molecule has 0 aliphatic heterocycles.